The van der Waals surface area contributed by atoms with Crippen LogP contribution in [0.3, 0.4) is 0 Å². The molecule has 0 saturated carbocycles. The molecule has 0 fully saturated rings. The number of nitrogens with zero attached hydrogens (tertiary/aromatic N) is 5. The number of hydrogen-bond acceptors (Lipinski definition) is 5. The average molecular weight is 330 g/mol. The van der Waals surface area contributed by atoms with Crippen LogP contribution in [0, 0.1) is 11.3 Å². The molecule has 110 valence electrons. The van der Waals surface area contributed by atoms with Gasteiger partial charge in [0.1, 0.15) is 16.9 Å². The van der Waals surface area contributed by atoms with Crippen LogP contribution in [0.1, 0.15) is 17.4 Å². The van der Waals surface area contributed by atoms with Gasteiger partial charge < -0.3 is 4.57 Å². The first-order valence-electron chi connectivity index (χ1n) is 6.53. The summed E-state index contributed by atoms with van der Waals surface area (Å²) in [6, 6.07) is 11.7. The zero-order chi connectivity index (χ0) is 15.7. The largest absolute Gasteiger partial charge is 0.330 e. The van der Waals surface area contributed by atoms with E-state index in [2.05, 4.69) is 21.0 Å². The van der Waals surface area contributed by atoms with Gasteiger partial charge in [0.2, 0.25) is 0 Å². The van der Waals surface area contributed by atoms with E-state index in [-0.39, 0.29) is 0 Å². The van der Waals surface area contributed by atoms with Gasteiger partial charge in [0.15, 0.2) is 5.16 Å². The summed E-state index contributed by atoms with van der Waals surface area (Å²) in [4.78, 5) is 13.1. The smallest absolute Gasteiger partial charge is 0.188 e. The van der Waals surface area contributed by atoms with Crippen molar-refractivity contribution in [3.63, 3.8) is 0 Å². The van der Waals surface area contributed by atoms with Gasteiger partial charge in [-0.05, 0) is 24.5 Å². The zero-order valence-corrected chi connectivity index (χ0v) is 13.6. The monoisotopic (exact) mass is 329 g/mol. The molecule has 1 unspecified atom stereocenters. The molecule has 22 heavy (non-hydrogen) atoms. The highest BCUT2D eigenvalue weighted by Crippen LogP contribution is 2.27. The molecule has 0 aliphatic carbocycles. The van der Waals surface area contributed by atoms with Crippen molar-refractivity contribution in [2.45, 2.75) is 11.1 Å². The number of para-hydroxylation sites is 2. The molecule has 0 spiro atoms. The maximum absolute atomic E-state index is 9.62. The normalized spacial score (nSPS) is 12.3. The molecule has 2 heterocycles. The van der Waals surface area contributed by atoms with Crippen molar-refractivity contribution >= 4 is 34.4 Å². The molecule has 0 aliphatic heterocycles. The fourth-order valence-corrected chi connectivity index (χ4v) is 2.96. The molecular formula is C15H12ClN5S. The molecule has 3 aromatic rings. The Morgan fingerprint density at radius 2 is 2.05 bits per heavy atom. The van der Waals surface area contributed by atoms with Crippen LogP contribution in [-0.4, -0.2) is 25.8 Å². The molecule has 0 radical (unpaired) electrons. The van der Waals surface area contributed by atoms with Crippen LogP contribution in [0.5, 0.6) is 0 Å². The number of hydrogen-bond donors (Lipinski definition) is 0. The number of aromatic nitrogens is 4. The Bertz CT molecular complexity index is 883. The van der Waals surface area contributed by atoms with Crippen molar-refractivity contribution in [1.29, 1.82) is 5.26 Å². The predicted molar refractivity (Wildman–Crippen MR) is 87.0 cm³/mol. The van der Waals surface area contributed by atoms with Crippen LogP contribution in [0.25, 0.3) is 11.0 Å². The summed E-state index contributed by atoms with van der Waals surface area (Å²) in [5.41, 5.74) is 2.39. The van der Waals surface area contributed by atoms with Crippen LogP contribution < -0.4 is 0 Å². The third-order valence-corrected chi connectivity index (χ3v) is 4.12. The lowest BCUT2D eigenvalue weighted by Gasteiger charge is -2.10. The Labute approximate surface area is 137 Å². The first-order chi connectivity index (χ1) is 10.6. The highest BCUT2D eigenvalue weighted by Gasteiger charge is 2.22. The first-order valence-corrected chi connectivity index (χ1v) is 8.13. The average Bonchev–Trinajstić information content (AvgIpc) is 2.85. The van der Waals surface area contributed by atoms with Crippen molar-refractivity contribution in [2.24, 2.45) is 7.05 Å². The number of rotatable bonds is 3. The summed E-state index contributed by atoms with van der Waals surface area (Å²) in [7, 11) is 1.90. The van der Waals surface area contributed by atoms with Crippen molar-refractivity contribution in [1.82, 2.24) is 19.5 Å². The summed E-state index contributed by atoms with van der Waals surface area (Å²) in [5.74, 6) is 0.0503. The number of fused-ring (bicyclic) bond motifs is 1. The second-order valence-corrected chi connectivity index (χ2v) is 5.84. The van der Waals surface area contributed by atoms with Gasteiger partial charge in [0.25, 0.3) is 0 Å². The van der Waals surface area contributed by atoms with E-state index < -0.39 is 5.92 Å². The van der Waals surface area contributed by atoms with E-state index in [1.165, 1.54) is 11.8 Å². The third kappa shape index (κ3) is 2.54. The summed E-state index contributed by atoms with van der Waals surface area (Å²) < 4.78 is 1.91. The second kappa shape index (κ2) is 5.95. The Kier molecular flexibility index (Phi) is 4.01. The van der Waals surface area contributed by atoms with Crippen LogP contribution in [0.15, 0.2) is 35.5 Å². The Morgan fingerprint density at radius 1 is 1.27 bits per heavy atom. The Balaban J connectivity index is 2.16. The molecular weight excluding hydrogens is 318 g/mol. The van der Waals surface area contributed by atoms with E-state index in [0.29, 0.717) is 21.8 Å². The number of aryl methyl sites for hydroxylation is 1. The number of imidazole rings is 1. The van der Waals surface area contributed by atoms with Gasteiger partial charge in [-0.25, -0.2) is 15.0 Å². The van der Waals surface area contributed by atoms with Crippen molar-refractivity contribution in [3.8, 4) is 6.07 Å². The second-order valence-electron chi connectivity index (χ2n) is 4.68. The maximum atomic E-state index is 9.62. The lowest BCUT2D eigenvalue weighted by Crippen LogP contribution is -2.09. The molecule has 5 nitrogen and oxygen atoms in total. The van der Waals surface area contributed by atoms with Gasteiger partial charge in [-0.2, -0.15) is 5.26 Å². The standard InChI is InChI=1S/C15H12ClN5S/c1-21-12-6-4-3-5-10(12)18-14(21)9(8-17)11-7-13(16)20-15(19-11)22-2/h3-7,9H,1-2H3. The summed E-state index contributed by atoms with van der Waals surface area (Å²) in [6.45, 7) is 0. The van der Waals surface area contributed by atoms with Gasteiger partial charge in [-0.1, -0.05) is 35.5 Å². The lowest BCUT2D eigenvalue weighted by molar-refractivity contribution is 0.766. The van der Waals surface area contributed by atoms with Gasteiger partial charge in [-0.3, -0.25) is 0 Å². The molecule has 0 aliphatic rings. The van der Waals surface area contributed by atoms with Crippen molar-refractivity contribution in [2.75, 3.05) is 6.26 Å². The number of thioether (sulfide) groups is 1. The van der Waals surface area contributed by atoms with Crippen LogP contribution in [-0.2, 0) is 7.05 Å². The van der Waals surface area contributed by atoms with Gasteiger partial charge >= 0.3 is 0 Å². The SMILES string of the molecule is CSc1nc(Cl)cc(C(C#N)c2nc3ccccc3n2C)n1. The van der Waals surface area contributed by atoms with E-state index in [9.17, 15) is 5.26 Å². The molecule has 1 atom stereocenters. The summed E-state index contributed by atoms with van der Waals surface area (Å²) in [5, 5.41) is 10.5. The molecule has 2 aromatic heterocycles. The van der Waals surface area contributed by atoms with Crippen LogP contribution in [0.4, 0.5) is 0 Å². The van der Waals surface area contributed by atoms with Crippen molar-refractivity contribution < 1.29 is 0 Å². The quantitative estimate of drug-likeness (QED) is 0.418. The van der Waals surface area contributed by atoms with Gasteiger partial charge in [-0.15, -0.1) is 0 Å². The number of nitriles is 1. The van der Waals surface area contributed by atoms with E-state index >= 15 is 0 Å². The van der Waals surface area contributed by atoms with Crippen LogP contribution >= 0.6 is 23.4 Å². The molecule has 7 heteroatoms. The van der Waals surface area contributed by atoms with E-state index in [1.54, 1.807) is 6.07 Å². The Morgan fingerprint density at radius 3 is 2.73 bits per heavy atom. The predicted octanol–water partition coefficient (Wildman–Crippen LogP) is 3.39. The highest BCUT2D eigenvalue weighted by molar-refractivity contribution is 7.98. The Hall–Kier alpha value is -2.10. The highest BCUT2D eigenvalue weighted by atomic mass is 35.5. The minimum absolute atomic E-state index is 0.327. The molecule has 0 N–H and O–H groups in total. The molecule has 1 aromatic carbocycles. The topological polar surface area (TPSA) is 67.4 Å². The first kappa shape index (κ1) is 14.8. The molecule has 3 rings (SSSR count). The molecule has 0 bridgehead atoms. The number of benzene rings is 1. The minimum Gasteiger partial charge on any atom is -0.330 e. The van der Waals surface area contributed by atoms with Gasteiger partial charge in [0, 0.05) is 7.05 Å². The van der Waals surface area contributed by atoms with E-state index in [1.807, 2.05) is 42.1 Å². The fourth-order valence-electron chi connectivity index (χ4n) is 2.33. The molecule has 0 amide bonds. The summed E-state index contributed by atoms with van der Waals surface area (Å²) in [6.07, 6.45) is 1.87. The van der Waals surface area contributed by atoms with Gasteiger partial charge in [0.05, 0.1) is 22.8 Å². The lowest BCUT2D eigenvalue weighted by atomic mass is 10.1. The van der Waals surface area contributed by atoms with E-state index in [0.717, 1.165) is 11.0 Å². The maximum Gasteiger partial charge on any atom is 0.188 e. The fraction of sp³-hybridized carbons (Fsp3) is 0.200. The van der Waals surface area contributed by atoms with E-state index in [4.69, 9.17) is 11.6 Å². The number of halogens is 1. The van der Waals surface area contributed by atoms with Crippen LogP contribution in [0.2, 0.25) is 5.15 Å². The third-order valence-electron chi connectivity index (χ3n) is 3.38. The zero-order valence-electron chi connectivity index (χ0n) is 12.0. The molecule has 0 saturated heterocycles. The van der Waals surface area contributed by atoms with Crippen molar-refractivity contribution in [3.05, 3.63) is 47.0 Å². The minimum atomic E-state index is -0.594. The summed E-state index contributed by atoms with van der Waals surface area (Å²) >= 11 is 7.42.